The Kier molecular flexibility index (Phi) is 4.67. The predicted octanol–water partition coefficient (Wildman–Crippen LogP) is 4.75. The van der Waals surface area contributed by atoms with Gasteiger partial charge in [0, 0.05) is 37.4 Å². The fourth-order valence-corrected chi connectivity index (χ4v) is 2.62. The molecule has 0 amide bonds. The van der Waals surface area contributed by atoms with E-state index in [2.05, 4.69) is 6.07 Å². The van der Waals surface area contributed by atoms with Crippen molar-refractivity contribution in [3.8, 4) is 11.8 Å². The highest BCUT2D eigenvalue weighted by molar-refractivity contribution is 5.89. The van der Waals surface area contributed by atoms with Crippen LogP contribution in [0.15, 0.2) is 66.9 Å². The molecular weight excluding hydrogens is 313 g/mol. The van der Waals surface area contributed by atoms with Crippen LogP contribution >= 0.6 is 0 Å². The molecule has 1 heterocycles. The maximum absolute atomic E-state index is 13.1. The second kappa shape index (κ2) is 7.06. The number of rotatable bonds is 4. The average molecular weight is 331 g/mol. The molecule has 3 aromatic rings. The molecule has 0 aliphatic heterocycles. The van der Waals surface area contributed by atoms with E-state index in [-0.39, 0.29) is 5.82 Å². The first-order chi connectivity index (χ1) is 12.1. The maximum atomic E-state index is 13.1. The molecule has 3 rings (SSSR count). The van der Waals surface area contributed by atoms with Gasteiger partial charge in [-0.05, 0) is 60.2 Å². The Morgan fingerprint density at radius 1 is 1.04 bits per heavy atom. The van der Waals surface area contributed by atoms with Crippen LogP contribution in [0.25, 0.3) is 17.3 Å². The van der Waals surface area contributed by atoms with Crippen molar-refractivity contribution in [3.05, 3.63) is 83.9 Å². The average Bonchev–Trinajstić information content (AvgIpc) is 3.09. The fraction of sp³-hybridized carbons (Fsp3) is 0.0952. The first-order valence-electron chi connectivity index (χ1n) is 7.91. The number of aromatic nitrogens is 1. The van der Waals surface area contributed by atoms with Gasteiger partial charge < -0.3 is 9.47 Å². The minimum absolute atomic E-state index is 0.314. The van der Waals surface area contributed by atoms with Crippen LogP contribution in [-0.2, 0) is 0 Å². The molecule has 25 heavy (non-hydrogen) atoms. The molecule has 0 spiro atoms. The predicted molar refractivity (Wildman–Crippen MR) is 100.0 cm³/mol. The van der Waals surface area contributed by atoms with Gasteiger partial charge in [0.15, 0.2) is 0 Å². The standard InChI is InChI=1S/C21H18FN3/c1-24(2)19-9-11-20(12-10-19)25-13-3-4-21(25)14-17(15-23)16-5-7-18(22)8-6-16/h3-14H,1-2H3/b17-14-. The van der Waals surface area contributed by atoms with Gasteiger partial charge in [-0.1, -0.05) is 12.1 Å². The van der Waals surface area contributed by atoms with Crippen molar-refractivity contribution < 1.29 is 4.39 Å². The van der Waals surface area contributed by atoms with Crippen molar-refractivity contribution in [2.24, 2.45) is 0 Å². The third kappa shape index (κ3) is 3.61. The van der Waals surface area contributed by atoms with Gasteiger partial charge in [0.2, 0.25) is 0 Å². The molecule has 0 aliphatic rings. The van der Waals surface area contributed by atoms with E-state index in [1.807, 2.05) is 72.2 Å². The van der Waals surface area contributed by atoms with E-state index < -0.39 is 0 Å². The van der Waals surface area contributed by atoms with Crippen LogP contribution in [0, 0.1) is 17.1 Å². The number of hydrogen-bond donors (Lipinski definition) is 0. The van der Waals surface area contributed by atoms with Crippen LogP contribution in [0.2, 0.25) is 0 Å². The highest BCUT2D eigenvalue weighted by Gasteiger charge is 2.06. The molecule has 0 radical (unpaired) electrons. The zero-order chi connectivity index (χ0) is 17.8. The number of halogens is 1. The van der Waals surface area contributed by atoms with Gasteiger partial charge in [-0.25, -0.2) is 4.39 Å². The van der Waals surface area contributed by atoms with Gasteiger partial charge in [-0.15, -0.1) is 0 Å². The van der Waals surface area contributed by atoms with Crippen LogP contribution in [-0.4, -0.2) is 18.7 Å². The molecule has 124 valence electrons. The molecular formula is C21H18FN3. The second-order valence-electron chi connectivity index (χ2n) is 5.89. The molecule has 0 saturated carbocycles. The molecule has 0 aliphatic carbocycles. The Labute approximate surface area is 146 Å². The summed E-state index contributed by atoms with van der Waals surface area (Å²) in [6.45, 7) is 0. The summed E-state index contributed by atoms with van der Waals surface area (Å²) in [6.07, 6.45) is 3.77. The van der Waals surface area contributed by atoms with Crippen LogP contribution in [0.1, 0.15) is 11.3 Å². The molecule has 0 atom stereocenters. The minimum atomic E-state index is -0.314. The van der Waals surface area contributed by atoms with Crippen molar-refractivity contribution in [2.75, 3.05) is 19.0 Å². The summed E-state index contributed by atoms with van der Waals surface area (Å²) in [7, 11) is 4.00. The highest BCUT2D eigenvalue weighted by atomic mass is 19.1. The monoisotopic (exact) mass is 331 g/mol. The number of allylic oxidation sites excluding steroid dienone is 1. The Bertz CT molecular complexity index is 927. The highest BCUT2D eigenvalue weighted by Crippen LogP contribution is 2.22. The Hall–Kier alpha value is -3.32. The summed E-state index contributed by atoms with van der Waals surface area (Å²) < 4.78 is 15.1. The van der Waals surface area contributed by atoms with Crippen molar-refractivity contribution in [2.45, 2.75) is 0 Å². The van der Waals surface area contributed by atoms with Crippen LogP contribution in [0.5, 0.6) is 0 Å². The Morgan fingerprint density at radius 2 is 1.72 bits per heavy atom. The molecule has 3 nitrogen and oxygen atoms in total. The quantitative estimate of drug-likeness (QED) is 0.646. The minimum Gasteiger partial charge on any atom is -0.378 e. The maximum Gasteiger partial charge on any atom is 0.123 e. The van der Waals surface area contributed by atoms with Crippen molar-refractivity contribution in [1.29, 1.82) is 5.26 Å². The van der Waals surface area contributed by atoms with E-state index in [9.17, 15) is 9.65 Å². The second-order valence-corrected chi connectivity index (χ2v) is 5.89. The zero-order valence-corrected chi connectivity index (χ0v) is 14.1. The van der Waals surface area contributed by atoms with Gasteiger partial charge in [0.1, 0.15) is 5.82 Å². The van der Waals surface area contributed by atoms with E-state index in [0.29, 0.717) is 11.1 Å². The molecule has 0 bridgehead atoms. The van der Waals surface area contributed by atoms with Crippen molar-refractivity contribution in [3.63, 3.8) is 0 Å². The van der Waals surface area contributed by atoms with Crippen molar-refractivity contribution >= 4 is 17.3 Å². The lowest BCUT2D eigenvalue weighted by atomic mass is 10.1. The largest absolute Gasteiger partial charge is 0.378 e. The van der Waals surface area contributed by atoms with Gasteiger partial charge in [0.25, 0.3) is 0 Å². The third-order valence-electron chi connectivity index (χ3n) is 3.99. The lowest BCUT2D eigenvalue weighted by Gasteiger charge is -2.14. The summed E-state index contributed by atoms with van der Waals surface area (Å²) in [5, 5.41) is 9.48. The summed E-state index contributed by atoms with van der Waals surface area (Å²) in [5.41, 5.74) is 4.21. The normalized spacial score (nSPS) is 11.2. The van der Waals surface area contributed by atoms with Gasteiger partial charge >= 0.3 is 0 Å². The molecule has 0 N–H and O–H groups in total. The summed E-state index contributed by atoms with van der Waals surface area (Å²) in [4.78, 5) is 2.04. The molecule has 4 heteroatoms. The molecule has 0 fully saturated rings. The van der Waals surface area contributed by atoms with Gasteiger partial charge in [0.05, 0.1) is 11.6 Å². The number of anilines is 1. The van der Waals surface area contributed by atoms with E-state index in [0.717, 1.165) is 17.1 Å². The van der Waals surface area contributed by atoms with Gasteiger partial charge in [-0.3, -0.25) is 0 Å². The van der Waals surface area contributed by atoms with E-state index in [1.54, 1.807) is 12.1 Å². The fourth-order valence-electron chi connectivity index (χ4n) is 2.62. The topological polar surface area (TPSA) is 32.0 Å². The number of hydrogen-bond acceptors (Lipinski definition) is 2. The van der Waals surface area contributed by atoms with Crippen molar-refractivity contribution in [1.82, 2.24) is 4.57 Å². The first-order valence-corrected chi connectivity index (χ1v) is 7.91. The van der Waals surface area contributed by atoms with Crippen LogP contribution < -0.4 is 4.90 Å². The van der Waals surface area contributed by atoms with E-state index in [1.165, 1.54) is 12.1 Å². The van der Waals surface area contributed by atoms with Crippen LogP contribution in [0.3, 0.4) is 0 Å². The lowest BCUT2D eigenvalue weighted by molar-refractivity contribution is 0.627. The van der Waals surface area contributed by atoms with Crippen LogP contribution in [0.4, 0.5) is 10.1 Å². The summed E-state index contributed by atoms with van der Waals surface area (Å²) >= 11 is 0. The zero-order valence-electron chi connectivity index (χ0n) is 14.1. The molecule has 0 unspecified atom stereocenters. The summed E-state index contributed by atoms with van der Waals surface area (Å²) in [6, 6.07) is 20.2. The molecule has 2 aromatic carbocycles. The number of benzene rings is 2. The molecule has 1 aromatic heterocycles. The number of nitrogens with zero attached hydrogens (tertiary/aromatic N) is 3. The Balaban J connectivity index is 1.98. The third-order valence-corrected chi connectivity index (χ3v) is 3.99. The summed E-state index contributed by atoms with van der Waals surface area (Å²) in [5.74, 6) is -0.314. The Morgan fingerprint density at radius 3 is 2.32 bits per heavy atom. The number of nitriles is 1. The van der Waals surface area contributed by atoms with E-state index >= 15 is 0 Å². The SMILES string of the molecule is CN(C)c1ccc(-n2cccc2/C=C(/C#N)c2ccc(F)cc2)cc1. The van der Waals surface area contributed by atoms with Gasteiger partial charge in [-0.2, -0.15) is 5.26 Å². The molecule has 0 saturated heterocycles. The first kappa shape index (κ1) is 16.5. The smallest absolute Gasteiger partial charge is 0.123 e. The van der Waals surface area contributed by atoms with E-state index in [4.69, 9.17) is 0 Å². The lowest BCUT2D eigenvalue weighted by Crippen LogP contribution is -2.08.